The molecular weight excluding hydrogens is 376 g/mol. The third-order valence-electron chi connectivity index (χ3n) is 4.97. The number of carbonyl (C=O) groups is 1. The first-order chi connectivity index (χ1) is 13.4. The highest BCUT2D eigenvalue weighted by Crippen LogP contribution is 2.46. The average Bonchev–Trinajstić information content (AvgIpc) is 3.51. The van der Waals surface area contributed by atoms with Crippen molar-refractivity contribution >= 4 is 32.6 Å². The van der Waals surface area contributed by atoms with Gasteiger partial charge in [-0.15, -0.1) is 0 Å². The SMILES string of the molecule is COC(=O)c1ccc(S(=O)(=O)Nc2ncc3ccccc3c2C2CC2)cc1C. The molecule has 0 radical (unpaired) electrons. The van der Waals surface area contributed by atoms with Crippen LogP contribution < -0.4 is 4.72 Å². The molecule has 0 amide bonds. The highest BCUT2D eigenvalue weighted by Gasteiger charge is 2.30. The molecule has 7 heteroatoms. The molecule has 1 aliphatic rings. The highest BCUT2D eigenvalue weighted by atomic mass is 32.2. The first kappa shape index (κ1) is 18.4. The zero-order valence-corrected chi connectivity index (χ0v) is 16.4. The van der Waals surface area contributed by atoms with Crippen molar-refractivity contribution in [1.82, 2.24) is 4.98 Å². The molecular formula is C21H20N2O4S. The quantitative estimate of drug-likeness (QED) is 0.659. The normalized spacial score (nSPS) is 14.1. The van der Waals surface area contributed by atoms with Crippen LogP contribution in [0.1, 0.15) is 40.2 Å². The van der Waals surface area contributed by atoms with E-state index in [0.29, 0.717) is 22.9 Å². The number of methoxy groups -OCH3 is 1. The Morgan fingerprint density at radius 3 is 2.61 bits per heavy atom. The first-order valence-electron chi connectivity index (χ1n) is 9.00. The van der Waals surface area contributed by atoms with Crippen LogP contribution in [0, 0.1) is 6.92 Å². The van der Waals surface area contributed by atoms with Gasteiger partial charge >= 0.3 is 5.97 Å². The molecule has 0 aliphatic heterocycles. The molecule has 1 heterocycles. The van der Waals surface area contributed by atoms with Gasteiger partial charge in [-0.25, -0.2) is 18.2 Å². The second-order valence-corrected chi connectivity index (χ2v) is 8.64. The van der Waals surface area contributed by atoms with Crippen LogP contribution in [0.3, 0.4) is 0 Å². The number of rotatable bonds is 5. The predicted molar refractivity (Wildman–Crippen MR) is 107 cm³/mol. The van der Waals surface area contributed by atoms with Gasteiger partial charge < -0.3 is 4.74 Å². The number of anilines is 1. The molecule has 1 aromatic heterocycles. The fourth-order valence-electron chi connectivity index (χ4n) is 3.38. The van der Waals surface area contributed by atoms with Gasteiger partial charge in [-0.3, -0.25) is 4.72 Å². The zero-order valence-electron chi connectivity index (χ0n) is 15.6. The number of aromatic nitrogens is 1. The fraction of sp³-hybridized carbons (Fsp3) is 0.238. The second-order valence-electron chi connectivity index (χ2n) is 6.96. The minimum absolute atomic E-state index is 0.0781. The van der Waals surface area contributed by atoms with Crippen LogP contribution in [0.15, 0.2) is 53.6 Å². The van der Waals surface area contributed by atoms with Crippen molar-refractivity contribution in [3.8, 4) is 0 Å². The topological polar surface area (TPSA) is 85.4 Å². The Hall–Kier alpha value is -2.93. The molecule has 2 aromatic carbocycles. The van der Waals surface area contributed by atoms with Gasteiger partial charge in [0.15, 0.2) is 0 Å². The Bertz CT molecular complexity index is 1180. The fourth-order valence-corrected chi connectivity index (χ4v) is 4.50. The van der Waals surface area contributed by atoms with Crippen LogP contribution in [-0.4, -0.2) is 26.5 Å². The van der Waals surface area contributed by atoms with Crippen LogP contribution >= 0.6 is 0 Å². The summed E-state index contributed by atoms with van der Waals surface area (Å²) < 4.78 is 33.3. The molecule has 144 valence electrons. The Balaban J connectivity index is 1.74. The van der Waals surface area contributed by atoms with Crippen molar-refractivity contribution in [3.63, 3.8) is 0 Å². The monoisotopic (exact) mass is 396 g/mol. The lowest BCUT2D eigenvalue weighted by Gasteiger charge is -2.14. The number of nitrogens with zero attached hydrogens (tertiary/aromatic N) is 1. The zero-order chi connectivity index (χ0) is 19.9. The van der Waals surface area contributed by atoms with Gasteiger partial charge in [-0.2, -0.15) is 0 Å². The van der Waals surface area contributed by atoms with Crippen molar-refractivity contribution in [3.05, 3.63) is 65.4 Å². The standard InChI is InChI=1S/C21H20N2O4S/c1-13-11-16(9-10-17(13)21(24)27-2)28(25,26)23-20-19(14-7-8-14)18-6-4-3-5-15(18)12-22-20/h3-6,9-12,14H,7-8H2,1-2H3,(H,22,23). The predicted octanol–water partition coefficient (Wildman–Crippen LogP) is 4.01. The van der Waals surface area contributed by atoms with E-state index in [4.69, 9.17) is 4.74 Å². The third-order valence-corrected chi connectivity index (χ3v) is 6.31. The smallest absolute Gasteiger partial charge is 0.338 e. The van der Waals surface area contributed by atoms with Gasteiger partial charge in [-0.1, -0.05) is 24.3 Å². The molecule has 1 aliphatic carbocycles. The maximum Gasteiger partial charge on any atom is 0.338 e. The number of esters is 1. The number of ether oxygens (including phenoxy) is 1. The number of hydrogen-bond donors (Lipinski definition) is 1. The molecule has 3 aromatic rings. The number of fused-ring (bicyclic) bond motifs is 1. The minimum Gasteiger partial charge on any atom is -0.465 e. The molecule has 1 N–H and O–H groups in total. The van der Waals surface area contributed by atoms with Gasteiger partial charge in [-0.05, 0) is 54.8 Å². The van der Waals surface area contributed by atoms with Crippen molar-refractivity contribution in [2.45, 2.75) is 30.6 Å². The van der Waals surface area contributed by atoms with E-state index in [1.807, 2.05) is 24.3 Å². The van der Waals surface area contributed by atoms with Crippen molar-refractivity contribution in [2.75, 3.05) is 11.8 Å². The molecule has 0 atom stereocenters. The molecule has 0 saturated heterocycles. The summed E-state index contributed by atoms with van der Waals surface area (Å²) in [4.78, 5) is 16.2. The number of nitrogens with one attached hydrogen (secondary N) is 1. The van der Waals surface area contributed by atoms with Gasteiger partial charge in [0.2, 0.25) is 0 Å². The van der Waals surface area contributed by atoms with Crippen LogP contribution in [0.25, 0.3) is 10.8 Å². The maximum atomic E-state index is 13.0. The minimum atomic E-state index is -3.85. The molecule has 0 unspecified atom stereocenters. The van der Waals surface area contributed by atoms with Crippen LogP contribution in [0.2, 0.25) is 0 Å². The van der Waals surface area contributed by atoms with E-state index in [9.17, 15) is 13.2 Å². The molecule has 4 rings (SSSR count). The molecule has 6 nitrogen and oxygen atoms in total. The molecule has 28 heavy (non-hydrogen) atoms. The van der Waals surface area contributed by atoms with E-state index in [1.165, 1.54) is 25.3 Å². The summed E-state index contributed by atoms with van der Waals surface area (Å²) in [5.74, 6) is 0.192. The number of sulfonamides is 1. The summed E-state index contributed by atoms with van der Waals surface area (Å²) in [5.41, 5.74) is 1.82. The summed E-state index contributed by atoms with van der Waals surface area (Å²) >= 11 is 0. The summed E-state index contributed by atoms with van der Waals surface area (Å²) in [6, 6.07) is 12.2. The van der Waals surface area contributed by atoms with E-state index in [2.05, 4.69) is 9.71 Å². The Morgan fingerprint density at radius 1 is 1.18 bits per heavy atom. The van der Waals surface area contributed by atoms with E-state index < -0.39 is 16.0 Å². The van der Waals surface area contributed by atoms with Crippen LogP contribution in [-0.2, 0) is 14.8 Å². The number of aryl methyl sites for hydroxylation is 1. The Kier molecular flexibility index (Phi) is 4.55. The lowest BCUT2D eigenvalue weighted by Crippen LogP contribution is -2.16. The van der Waals surface area contributed by atoms with E-state index in [-0.39, 0.29) is 4.90 Å². The third kappa shape index (κ3) is 3.33. The lowest BCUT2D eigenvalue weighted by atomic mass is 10.0. The van der Waals surface area contributed by atoms with Crippen molar-refractivity contribution in [2.24, 2.45) is 0 Å². The summed E-state index contributed by atoms with van der Waals surface area (Å²) in [6.45, 7) is 1.68. The first-order valence-corrected chi connectivity index (χ1v) is 10.5. The van der Waals surface area contributed by atoms with Gasteiger partial charge in [0, 0.05) is 17.1 Å². The number of benzene rings is 2. The van der Waals surface area contributed by atoms with Gasteiger partial charge in [0.1, 0.15) is 5.82 Å². The molecule has 1 fully saturated rings. The summed E-state index contributed by atoms with van der Waals surface area (Å²) in [7, 11) is -2.56. The Labute approximate surface area is 163 Å². The lowest BCUT2D eigenvalue weighted by molar-refractivity contribution is 0.0600. The number of pyridine rings is 1. The highest BCUT2D eigenvalue weighted by molar-refractivity contribution is 7.92. The Morgan fingerprint density at radius 2 is 1.93 bits per heavy atom. The van der Waals surface area contributed by atoms with Crippen LogP contribution in [0.4, 0.5) is 5.82 Å². The molecule has 0 bridgehead atoms. The van der Waals surface area contributed by atoms with E-state index in [1.54, 1.807) is 13.1 Å². The van der Waals surface area contributed by atoms with Crippen molar-refractivity contribution in [1.29, 1.82) is 0 Å². The molecule has 0 spiro atoms. The molecule has 1 saturated carbocycles. The summed E-state index contributed by atoms with van der Waals surface area (Å²) in [6.07, 6.45) is 3.74. The summed E-state index contributed by atoms with van der Waals surface area (Å²) in [5, 5.41) is 2.01. The van der Waals surface area contributed by atoms with Gasteiger partial charge in [0.25, 0.3) is 10.0 Å². The number of carbonyl (C=O) groups excluding carboxylic acids is 1. The van der Waals surface area contributed by atoms with Gasteiger partial charge in [0.05, 0.1) is 17.6 Å². The van der Waals surface area contributed by atoms with E-state index >= 15 is 0 Å². The maximum absolute atomic E-state index is 13.0. The average molecular weight is 396 g/mol. The van der Waals surface area contributed by atoms with Crippen molar-refractivity contribution < 1.29 is 17.9 Å². The van der Waals surface area contributed by atoms with Crippen LogP contribution in [0.5, 0.6) is 0 Å². The largest absolute Gasteiger partial charge is 0.465 e. The number of hydrogen-bond acceptors (Lipinski definition) is 5. The van der Waals surface area contributed by atoms with E-state index in [0.717, 1.165) is 29.2 Å². The second kappa shape index (κ2) is 6.91.